The van der Waals surface area contributed by atoms with Crippen molar-refractivity contribution in [2.45, 2.75) is 32.3 Å². The summed E-state index contributed by atoms with van der Waals surface area (Å²) >= 11 is 0. The van der Waals surface area contributed by atoms with Crippen LogP contribution >= 0.6 is 0 Å². The molecule has 20 heavy (non-hydrogen) atoms. The molecule has 0 spiro atoms. The van der Waals surface area contributed by atoms with E-state index in [1.165, 1.54) is 13.0 Å². The molecule has 1 aromatic rings. The molecule has 0 radical (unpaired) electrons. The number of benzene rings is 1. The smallest absolute Gasteiger partial charge is 0.302 e. The summed E-state index contributed by atoms with van der Waals surface area (Å²) in [7, 11) is 0. The molecular formula is C12H12N2O6. The van der Waals surface area contributed by atoms with Gasteiger partial charge in [-0.2, -0.15) is 0 Å². The lowest BCUT2D eigenvalue weighted by Gasteiger charge is -2.23. The number of nitrogens with zero attached hydrogens (tertiary/aromatic N) is 2. The van der Waals surface area contributed by atoms with Crippen molar-refractivity contribution in [1.82, 2.24) is 0 Å². The van der Waals surface area contributed by atoms with Crippen molar-refractivity contribution in [3.05, 3.63) is 43.5 Å². The Morgan fingerprint density at radius 2 is 2.00 bits per heavy atom. The first-order chi connectivity index (χ1) is 9.38. The van der Waals surface area contributed by atoms with Gasteiger partial charge in [0, 0.05) is 25.0 Å². The molecular weight excluding hydrogens is 268 g/mol. The number of hydrogen-bond acceptors (Lipinski definition) is 6. The number of nitro groups is 2. The van der Waals surface area contributed by atoms with Gasteiger partial charge < -0.3 is 4.74 Å². The molecule has 0 saturated heterocycles. The Kier molecular flexibility index (Phi) is 3.64. The number of non-ortho nitro benzene ring substituents is 1. The van der Waals surface area contributed by atoms with Crippen LogP contribution in [0.4, 0.5) is 11.4 Å². The number of ether oxygens (including phenoxy) is 1. The average molecular weight is 280 g/mol. The normalized spacial score (nSPS) is 17.1. The topological polar surface area (TPSA) is 113 Å². The highest BCUT2D eigenvalue weighted by atomic mass is 16.6. The number of carbonyl (C=O) groups excluding carboxylic acids is 1. The van der Waals surface area contributed by atoms with Crippen LogP contribution in [0.15, 0.2) is 12.1 Å². The van der Waals surface area contributed by atoms with Crippen molar-refractivity contribution in [1.29, 1.82) is 0 Å². The maximum absolute atomic E-state index is 11.0. The number of carbonyl (C=O) groups is 1. The molecule has 1 aromatic carbocycles. The molecule has 8 heteroatoms. The summed E-state index contributed by atoms with van der Waals surface area (Å²) < 4.78 is 5.07. The summed E-state index contributed by atoms with van der Waals surface area (Å²) in [4.78, 5) is 31.5. The van der Waals surface area contributed by atoms with E-state index in [4.69, 9.17) is 4.74 Å². The molecule has 2 rings (SSSR count). The van der Waals surface area contributed by atoms with Crippen LogP contribution < -0.4 is 0 Å². The Morgan fingerprint density at radius 1 is 1.30 bits per heavy atom. The van der Waals surface area contributed by atoms with Gasteiger partial charge in [0.2, 0.25) is 0 Å². The molecule has 0 bridgehead atoms. The Hall–Kier alpha value is -2.51. The van der Waals surface area contributed by atoms with Crippen LogP contribution in [0.25, 0.3) is 0 Å². The van der Waals surface area contributed by atoms with E-state index in [-0.39, 0.29) is 23.9 Å². The number of nitro benzene ring substituents is 2. The summed E-state index contributed by atoms with van der Waals surface area (Å²) in [6.07, 6.45) is 0.714. The Bertz CT molecular complexity index is 598. The molecule has 1 unspecified atom stereocenters. The van der Waals surface area contributed by atoms with E-state index >= 15 is 0 Å². The minimum atomic E-state index is -0.664. The maximum atomic E-state index is 11.0. The quantitative estimate of drug-likeness (QED) is 0.475. The van der Waals surface area contributed by atoms with E-state index in [0.29, 0.717) is 24.0 Å². The highest BCUT2D eigenvalue weighted by molar-refractivity contribution is 5.66. The van der Waals surface area contributed by atoms with Crippen LogP contribution in [0.3, 0.4) is 0 Å². The first kappa shape index (κ1) is 13.9. The molecule has 106 valence electrons. The van der Waals surface area contributed by atoms with Crippen molar-refractivity contribution in [2.24, 2.45) is 0 Å². The fourth-order valence-corrected chi connectivity index (χ4v) is 2.43. The summed E-state index contributed by atoms with van der Waals surface area (Å²) in [6.45, 7) is 1.28. The highest BCUT2D eigenvalue weighted by Crippen LogP contribution is 2.34. The first-order valence-electron chi connectivity index (χ1n) is 6.00. The number of rotatable bonds is 3. The summed E-state index contributed by atoms with van der Waals surface area (Å²) in [5.41, 5.74) is 0.432. The second-order valence-corrected chi connectivity index (χ2v) is 4.59. The Labute approximate surface area is 113 Å². The second kappa shape index (κ2) is 5.24. The van der Waals surface area contributed by atoms with Crippen molar-refractivity contribution >= 4 is 17.3 Å². The summed E-state index contributed by atoms with van der Waals surface area (Å²) in [6, 6.07) is 2.29. The van der Waals surface area contributed by atoms with Crippen LogP contribution in [0.5, 0.6) is 0 Å². The molecule has 0 aliphatic heterocycles. The van der Waals surface area contributed by atoms with E-state index < -0.39 is 15.8 Å². The number of hydrogen-bond donors (Lipinski definition) is 0. The molecule has 0 aromatic heterocycles. The molecule has 0 amide bonds. The number of esters is 1. The summed E-state index contributed by atoms with van der Waals surface area (Å²) in [5, 5.41) is 21.8. The zero-order valence-electron chi connectivity index (χ0n) is 10.7. The van der Waals surface area contributed by atoms with Gasteiger partial charge in [-0.1, -0.05) is 0 Å². The molecule has 8 nitrogen and oxygen atoms in total. The van der Waals surface area contributed by atoms with Crippen LogP contribution in [-0.4, -0.2) is 21.9 Å². The van der Waals surface area contributed by atoms with Gasteiger partial charge in [0.15, 0.2) is 0 Å². The predicted octanol–water partition coefficient (Wildman–Crippen LogP) is 1.92. The van der Waals surface area contributed by atoms with Gasteiger partial charge in [0.25, 0.3) is 11.4 Å². The van der Waals surface area contributed by atoms with E-state index in [1.807, 2.05) is 0 Å². The molecule has 0 fully saturated rings. The van der Waals surface area contributed by atoms with Crippen molar-refractivity contribution in [3.63, 3.8) is 0 Å². The van der Waals surface area contributed by atoms with Gasteiger partial charge in [-0.15, -0.1) is 0 Å². The van der Waals surface area contributed by atoms with Crippen molar-refractivity contribution < 1.29 is 19.4 Å². The fraction of sp³-hybridized carbons (Fsp3) is 0.417. The lowest BCUT2D eigenvalue weighted by atomic mass is 9.88. The van der Waals surface area contributed by atoms with E-state index in [2.05, 4.69) is 0 Å². The molecule has 1 aliphatic rings. The third-order valence-corrected chi connectivity index (χ3v) is 3.21. The Morgan fingerprint density at radius 3 is 2.55 bits per heavy atom. The minimum absolute atomic E-state index is 0.240. The summed E-state index contributed by atoms with van der Waals surface area (Å²) in [5.74, 6) is -0.432. The standard InChI is InChI=1S/C12H12N2O6/c1-7(15)20-10-2-3-11-8(5-10)4-9(13(16)17)6-12(11)14(18)19/h4,6,10H,2-3,5H2,1H3. The second-order valence-electron chi connectivity index (χ2n) is 4.59. The van der Waals surface area contributed by atoms with Gasteiger partial charge in [-0.05, 0) is 18.4 Å². The molecule has 1 atom stereocenters. The largest absolute Gasteiger partial charge is 0.462 e. The van der Waals surface area contributed by atoms with E-state index in [9.17, 15) is 25.0 Å². The van der Waals surface area contributed by atoms with Crippen LogP contribution in [0.1, 0.15) is 24.5 Å². The van der Waals surface area contributed by atoms with Gasteiger partial charge in [-0.25, -0.2) is 0 Å². The monoisotopic (exact) mass is 280 g/mol. The average Bonchev–Trinajstić information content (AvgIpc) is 2.35. The van der Waals surface area contributed by atoms with Crippen LogP contribution in [-0.2, 0) is 22.4 Å². The first-order valence-corrected chi connectivity index (χ1v) is 6.00. The van der Waals surface area contributed by atoms with Crippen LogP contribution in [0.2, 0.25) is 0 Å². The van der Waals surface area contributed by atoms with Crippen LogP contribution in [0, 0.1) is 20.2 Å². The van der Waals surface area contributed by atoms with Gasteiger partial charge >= 0.3 is 5.97 Å². The van der Waals surface area contributed by atoms with E-state index in [0.717, 1.165) is 6.07 Å². The molecule has 0 heterocycles. The van der Waals surface area contributed by atoms with Gasteiger partial charge in [0.1, 0.15) is 6.10 Å². The van der Waals surface area contributed by atoms with Crippen molar-refractivity contribution in [3.8, 4) is 0 Å². The lowest BCUT2D eigenvalue weighted by molar-refractivity contribution is -0.394. The Balaban J connectivity index is 2.42. The fourth-order valence-electron chi connectivity index (χ4n) is 2.43. The highest BCUT2D eigenvalue weighted by Gasteiger charge is 2.30. The SMILES string of the molecule is CC(=O)OC1CCc2c(cc([N+](=O)[O-])cc2[N+](=O)[O-])C1. The van der Waals surface area contributed by atoms with Gasteiger partial charge in [0.05, 0.1) is 15.9 Å². The zero-order valence-corrected chi connectivity index (χ0v) is 10.7. The third kappa shape index (κ3) is 2.73. The number of fused-ring (bicyclic) bond motifs is 1. The molecule has 1 aliphatic carbocycles. The lowest BCUT2D eigenvalue weighted by Crippen LogP contribution is -2.25. The third-order valence-electron chi connectivity index (χ3n) is 3.21. The molecule has 0 N–H and O–H groups in total. The molecule has 0 saturated carbocycles. The van der Waals surface area contributed by atoms with Gasteiger partial charge in [-0.3, -0.25) is 25.0 Å². The predicted molar refractivity (Wildman–Crippen MR) is 67.3 cm³/mol. The maximum Gasteiger partial charge on any atom is 0.302 e. The van der Waals surface area contributed by atoms with E-state index in [1.54, 1.807) is 0 Å². The minimum Gasteiger partial charge on any atom is -0.462 e. The van der Waals surface area contributed by atoms with Crippen molar-refractivity contribution in [2.75, 3.05) is 0 Å². The zero-order chi connectivity index (χ0) is 14.9.